The van der Waals surface area contributed by atoms with Gasteiger partial charge in [0.25, 0.3) is 5.56 Å². The number of nitrogens with one attached hydrogen (secondary N) is 1. The molecule has 8 heteroatoms. The topological polar surface area (TPSA) is 101 Å². The van der Waals surface area contributed by atoms with E-state index in [0.717, 1.165) is 42.2 Å². The first kappa shape index (κ1) is 16.8. The zero-order chi connectivity index (χ0) is 17.7. The Morgan fingerprint density at radius 1 is 1.20 bits per heavy atom. The molecule has 4 aliphatic rings. The second kappa shape index (κ2) is 6.23. The second-order valence-corrected chi connectivity index (χ2v) is 8.53. The van der Waals surface area contributed by atoms with E-state index in [-0.39, 0.29) is 22.1 Å². The molecule has 1 heterocycles. The molecule has 0 spiro atoms. The molecule has 0 aromatic carbocycles. The average Bonchev–Trinajstić information content (AvgIpc) is 2.50. The molecule has 2 N–H and O–H groups in total. The summed E-state index contributed by atoms with van der Waals surface area (Å²) in [5.74, 6) is 1.49. The molecule has 1 aromatic heterocycles. The zero-order valence-corrected chi connectivity index (χ0v) is 15.2. The monoisotopic (exact) mass is 409 g/mol. The molecule has 4 bridgehead atoms. The van der Waals surface area contributed by atoms with Crippen LogP contribution in [0.5, 0.6) is 0 Å². The predicted molar refractivity (Wildman–Crippen MR) is 93.0 cm³/mol. The van der Waals surface area contributed by atoms with Gasteiger partial charge in [0.15, 0.2) is 5.82 Å². The van der Waals surface area contributed by atoms with E-state index in [1.807, 2.05) is 0 Å². The van der Waals surface area contributed by atoms with Crippen LogP contribution in [-0.2, 0) is 16.1 Å². The van der Waals surface area contributed by atoms with E-state index in [9.17, 15) is 14.4 Å². The van der Waals surface area contributed by atoms with Crippen molar-refractivity contribution in [2.75, 3.05) is 5.32 Å². The molecule has 4 aliphatic carbocycles. The van der Waals surface area contributed by atoms with Gasteiger partial charge in [-0.1, -0.05) is 0 Å². The number of rotatable bonds is 4. The number of aromatic nitrogens is 2. The lowest BCUT2D eigenvalue weighted by molar-refractivity contribution is -0.138. The van der Waals surface area contributed by atoms with Crippen molar-refractivity contribution in [2.45, 2.75) is 38.6 Å². The van der Waals surface area contributed by atoms with Crippen LogP contribution >= 0.6 is 15.9 Å². The molecule has 0 aliphatic heterocycles. The number of nitrogens with zero attached hydrogens (tertiary/aromatic N) is 2. The summed E-state index contributed by atoms with van der Waals surface area (Å²) in [6, 6.07) is 1.44. The van der Waals surface area contributed by atoms with Crippen molar-refractivity contribution in [3.05, 3.63) is 20.9 Å². The number of amides is 1. The first-order chi connectivity index (χ1) is 11.9. The molecule has 0 radical (unpaired) electrons. The van der Waals surface area contributed by atoms with Crippen LogP contribution in [0.15, 0.2) is 15.3 Å². The summed E-state index contributed by atoms with van der Waals surface area (Å²) in [6.07, 6.45) is 5.89. The van der Waals surface area contributed by atoms with Gasteiger partial charge >= 0.3 is 5.97 Å². The lowest BCUT2D eigenvalue weighted by Gasteiger charge is -2.53. The normalized spacial score (nSPS) is 32.6. The van der Waals surface area contributed by atoms with Crippen molar-refractivity contribution in [2.24, 2.45) is 29.6 Å². The Bertz CT molecular complexity index is 763. The molecular formula is C17H20BrN3O4. The van der Waals surface area contributed by atoms with E-state index < -0.39 is 18.1 Å². The molecule has 4 fully saturated rings. The van der Waals surface area contributed by atoms with E-state index >= 15 is 0 Å². The lowest BCUT2D eigenvalue weighted by atomic mass is 9.51. The van der Waals surface area contributed by atoms with Crippen LogP contribution < -0.4 is 10.9 Å². The molecular weight excluding hydrogens is 390 g/mol. The maximum absolute atomic E-state index is 12.9. The van der Waals surface area contributed by atoms with Gasteiger partial charge in [-0.25, -0.2) is 4.68 Å². The van der Waals surface area contributed by atoms with Gasteiger partial charge in [0.1, 0.15) is 6.54 Å². The Hall–Kier alpha value is -1.70. The third-order valence-corrected chi connectivity index (χ3v) is 6.56. The highest BCUT2D eigenvalue weighted by atomic mass is 79.9. The SMILES string of the molecule is O=C(O)Cn1nc(NC(=O)C2C3CC4CC(C3)CC2C4)cc(Br)c1=O. The summed E-state index contributed by atoms with van der Waals surface area (Å²) in [6.45, 7) is -0.542. The molecule has 25 heavy (non-hydrogen) atoms. The van der Waals surface area contributed by atoms with Crippen LogP contribution in [0.25, 0.3) is 0 Å². The molecule has 0 saturated heterocycles. The highest BCUT2D eigenvalue weighted by molar-refractivity contribution is 9.10. The van der Waals surface area contributed by atoms with Crippen LogP contribution in [0.4, 0.5) is 5.82 Å². The molecule has 1 aromatic rings. The number of anilines is 1. The lowest BCUT2D eigenvalue weighted by Crippen LogP contribution is -2.49. The minimum atomic E-state index is -1.16. The Kier molecular flexibility index (Phi) is 4.17. The van der Waals surface area contributed by atoms with Crippen LogP contribution in [0.1, 0.15) is 32.1 Å². The number of carboxylic acids is 1. The number of carboxylic acid groups (broad SMARTS) is 1. The van der Waals surface area contributed by atoms with E-state index in [1.165, 1.54) is 12.5 Å². The Labute approximate surface area is 152 Å². The number of hydrogen-bond acceptors (Lipinski definition) is 4. The Balaban J connectivity index is 1.54. The third kappa shape index (κ3) is 3.12. The summed E-state index contributed by atoms with van der Waals surface area (Å²) in [5, 5.41) is 15.7. The number of hydrogen-bond donors (Lipinski definition) is 2. The van der Waals surface area contributed by atoms with Crippen molar-refractivity contribution in [1.82, 2.24) is 9.78 Å². The molecule has 7 nitrogen and oxygen atoms in total. The molecule has 4 saturated carbocycles. The summed E-state index contributed by atoms with van der Waals surface area (Å²) < 4.78 is 1.03. The summed E-state index contributed by atoms with van der Waals surface area (Å²) in [5.41, 5.74) is -0.532. The number of aliphatic carboxylic acids is 1. The Morgan fingerprint density at radius 2 is 1.80 bits per heavy atom. The highest BCUT2D eigenvalue weighted by Crippen LogP contribution is 2.56. The summed E-state index contributed by atoms with van der Waals surface area (Å²) in [4.78, 5) is 35.7. The van der Waals surface area contributed by atoms with Gasteiger partial charge in [0.05, 0.1) is 4.47 Å². The second-order valence-electron chi connectivity index (χ2n) is 7.68. The fraction of sp³-hybridized carbons (Fsp3) is 0.647. The van der Waals surface area contributed by atoms with Crippen molar-refractivity contribution in [3.8, 4) is 0 Å². The number of halogens is 1. The fourth-order valence-corrected chi connectivity index (χ4v) is 5.79. The van der Waals surface area contributed by atoms with Gasteiger partial charge in [-0.05, 0) is 71.7 Å². The first-order valence-electron chi connectivity index (χ1n) is 8.71. The van der Waals surface area contributed by atoms with Crippen molar-refractivity contribution >= 4 is 33.6 Å². The van der Waals surface area contributed by atoms with Gasteiger partial charge in [-0.15, -0.1) is 0 Å². The first-order valence-corrected chi connectivity index (χ1v) is 9.50. The van der Waals surface area contributed by atoms with Gasteiger partial charge in [0.2, 0.25) is 5.91 Å². The molecule has 0 unspecified atom stereocenters. The quantitative estimate of drug-likeness (QED) is 0.792. The smallest absolute Gasteiger partial charge is 0.325 e. The maximum Gasteiger partial charge on any atom is 0.325 e. The molecule has 134 valence electrons. The number of carbonyl (C=O) groups is 2. The Morgan fingerprint density at radius 3 is 2.36 bits per heavy atom. The maximum atomic E-state index is 12.9. The third-order valence-electron chi connectivity index (χ3n) is 6.00. The van der Waals surface area contributed by atoms with E-state index in [0.29, 0.717) is 11.8 Å². The average molecular weight is 410 g/mol. The molecule has 0 atom stereocenters. The minimum absolute atomic E-state index is 0.00762. The highest BCUT2D eigenvalue weighted by Gasteiger charge is 2.50. The standard InChI is InChI=1S/C17H20BrN3O4/c18-12-6-13(20-21(17(12)25)7-14(22)23)19-16(24)15-10-2-8-1-9(4-10)5-11(15)3-8/h6,8-11,15H,1-5,7H2,(H,22,23)(H,19,20,24). The van der Waals surface area contributed by atoms with Gasteiger partial charge in [-0.2, -0.15) is 5.10 Å². The van der Waals surface area contributed by atoms with Crippen molar-refractivity contribution < 1.29 is 14.7 Å². The van der Waals surface area contributed by atoms with Crippen molar-refractivity contribution in [1.29, 1.82) is 0 Å². The largest absolute Gasteiger partial charge is 0.480 e. The van der Waals surface area contributed by atoms with Gasteiger partial charge in [0, 0.05) is 12.0 Å². The minimum Gasteiger partial charge on any atom is -0.480 e. The predicted octanol–water partition coefficient (Wildman–Crippen LogP) is 2.10. The van der Waals surface area contributed by atoms with Crippen LogP contribution in [-0.4, -0.2) is 26.8 Å². The summed E-state index contributed by atoms with van der Waals surface area (Å²) in [7, 11) is 0. The van der Waals surface area contributed by atoms with Crippen molar-refractivity contribution in [3.63, 3.8) is 0 Å². The summed E-state index contributed by atoms with van der Waals surface area (Å²) >= 11 is 3.12. The van der Waals surface area contributed by atoms with Crippen LogP contribution in [0, 0.1) is 29.6 Å². The van der Waals surface area contributed by atoms with Crippen LogP contribution in [0.2, 0.25) is 0 Å². The molecule has 5 rings (SSSR count). The number of carbonyl (C=O) groups excluding carboxylic acids is 1. The van der Waals surface area contributed by atoms with E-state index in [4.69, 9.17) is 5.11 Å². The fourth-order valence-electron chi connectivity index (χ4n) is 5.37. The van der Waals surface area contributed by atoms with E-state index in [2.05, 4.69) is 26.3 Å². The van der Waals surface area contributed by atoms with Gasteiger partial charge in [-0.3, -0.25) is 14.4 Å². The van der Waals surface area contributed by atoms with E-state index in [1.54, 1.807) is 0 Å². The van der Waals surface area contributed by atoms with Gasteiger partial charge < -0.3 is 10.4 Å². The van der Waals surface area contributed by atoms with Crippen LogP contribution in [0.3, 0.4) is 0 Å². The molecule has 1 amide bonds. The zero-order valence-electron chi connectivity index (χ0n) is 13.7.